The molecule has 3 atom stereocenters. The van der Waals surface area contributed by atoms with Crippen molar-refractivity contribution in [3.8, 4) is 0 Å². The van der Waals surface area contributed by atoms with Crippen molar-refractivity contribution in [2.24, 2.45) is 17.8 Å². The number of nitrogens with zero attached hydrogens (tertiary/aromatic N) is 3. The van der Waals surface area contributed by atoms with E-state index in [1.54, 1.807) is 0 Å². The Morgan fingerprint density at radius 1 is 1.21 bits per heavy atom. The van der Waals surface area contributed by atoms with E-state index < -0.39 is 0 Å². The van der Waals surface area contributed by atoms with Gasteiger partial charge in [0.1, 0.15) is 17.5 Å². The van der Waals surface area contributed by atoms with Gasteiger partial charge in [0.2, 0.25) is 0 Å². The fourth-order valence-corrected chi connectivity index (χ4v) is 4.04. The average Bonchev–Trinajstić information content (AvgIpc) is 2.95. The zero-order valence-electron chi connectivity index (χ0n) is 12.2. The largest absolute Gasteiger partial charge is 0.383 e. The Balaban J connectivity index is 1.75. The monoisotopic (exact) mass is 260 g/mol. The zero-order valence-corrected chi connectivity index (χ0v) is 12.2. The van der Waals surface area contributed by atoms with E-state index in [0.717, 1.165) is 41.5 Å². The number of aryl methyl sites for hydroxylation is 1. The van der Waals surface area contributed by atoms with Crippen LogP contribution in [0.4, 0.5) is 11.6 Å². The summed E-state index contributed by atoms with van der Waals surface area (Å²) in [5.41, 5.74) is 6.96. The molecular weight excluding hydrogens is 236 g/mol. The van der Waals surface area contributed by atoms with E-state index in [2.05, 4.69) is 21.9 Å². The molecule has 3 unspecified atom stereocenters. The van der Waals surface area contributed by atoms with Gasteiger partial charge in [-0.3, -0.25) is 0 Å². The first-order chi connectivity index (χ1) is 9.04. The standard InChI is InChI=1S/C15H24N4/c1-9-14(16)17-10(2)18-15(9)19(3)8-13-7-11-4-5-12(13)6-11/h11-13H,4-8H2,1-3H3,(H2,16,17,18). The van der Waals surface area contributed by atoms with Crippen LogP contribution in [0.15, 0.2) is 0 Å². The van der Waals surface area contributed by atoms with Gasteiger partial charge in [0.05, 0.1) is 0 Å². The highest BCUT2D eigenvalue weighted by Gasteiger charge is 2.39. The Kier molecular flexibility index (Phi) is 3.11. The van der Waals surface area contributed by atoms with E-state index in [1.165, 1.54) is 25.7 Å². The third-order valence-electron chi connectivity index (χ3n) is 5.02. The molecule has 3 rings (SSSR count). The minimum absolute atomic E-state index is 0.613. The Morgan fingerprint density at radius 2 is 2.00 bits per heavy atom. The molecule has 1 heterocycles. The molecule has 104 valence electrons. The summed E-state index contributed by atoms with van der Waals surface area (Å²) in [7, 11) is 2.14. The van der Waals surface area contributed by atoms with Gasteiger partial charge >= 0.3 is 0 Å². The van der Waals surface area contributed by atoms with Gasteiger partial charge in [-0.2, -0.15) is 0 Å². The maximum Gasteiger partial charge on any atom is 0.137 e. The van der Waals surface area contributed by atoms with Gasteiger partial charge < -0.3 is 10.6 Å². The summed E-state index contributed by atoms with van der Waals surface area (Å²) in [6.45, 7) is 5.03. The predicted molar refractivity (Wildman–Crippen MR) is 78.1 cm³/mol. The molecule has 4 nitrogen and oxygen atoms in total. The summed E-state index contributed by atoms with van der Waals surface area (Å²) in [5, 5.41) is 0. The van der Waals surface area contributed by atoms with Crippen LogP contribution < -0.4 is 10.6 Å². The van der Waals surface area contributed by atoms with Crippen molar-refractivity contribution in [1.29, 1.82) is 0 Å². The lowest BCUT2D eigenvalue weighted by Crippen LogP contribution is -2.30. The number of anilines is 2. The van der Waals surface area contributed by atoms with Gasteiger partial charge in [0.25, 0.3) is 0 Å². The Labute approximate surface area is 115 Å². The van der Waals surface area contributed by atoms with Crippen molar-refractivity contribution in [2.75, 3.05) is 24.2 Å². The highest BCUT2D eigenvalue weighted by Crippen LogP contribution is 2.48. The van der Waals surface area contributed by atoms with E-state index in [4.69, 9.17) is 5.73 Å². The summed E-state index contributed by atoms with van der Waals surface area (Å²) < 4.78 is 0. The van der Waals surface area contributed by atoms with Crippen molar-refractivity contribution < 1.29 is 0 Å². The molecule has 1 aromatic rings. The molecule has 2 N–H and O–H groups in total. The van der Waals surface area contributed by atoms with Crippen LogP contribution in [0.2, 0.25) is 0 Å². The summed E-state index contributed by atoms with van der Waals surface area (Å²) >= 11 is 0. The van der Waals surface area contributed by atoms with Crippen LogP contribution in [0, 0.1) is 31.6 Å². The molecule has 0 aromatic carbocycles. The van der Waals surface area contributed by atoms with E-state index >= 15 is 0 Å². The first-order valence-corrected chi connectivity index (χ1v) is 7.36. The lowest BCUT2D eigenvalue weighted by atomic mass is 9.88. The second-order valence-electron chi connectivity index (χ2n) is 6.42. The second-order valence-corrected chi connectivity index (χ2v) is 6.42. The first kappa shape index (κ1) is 12.7. The van der Waals surface area contributed by atoms with Crippen LogP contribution in [-0.4, -0.2) is 23.6 Å². The van der Waals surface area contributed by atoms with Gasteiger partial charge in [0, 0.05) is 19.2 Å². The van der Waals surface area contributed by atoms with Gasteiger partial charge in [0.15, 0.2) is 0 Å². The highest BCUT2D eigenvalue weighted by atomic mass is 15.2. The number of nitrogen functional groups attached to an aromatic ring is 1. The lowest BCUT2D eigenvalue weighted by molar-refractivity contribution is 0.337. The molecule has 0 aliphatic heterocycles. The van der Waals surface area contributed by atoms with Crippen molar-refractivity contribution in [1.82, 2.24) is 9.97 Å². The lowest BCUT2D eigenvalue weighted by Gasteiger charge is -2.29. The normalized spacial score (nSPS) is 28.9. The quantitative estimate of drug-likeness (QED) is 0.907. The Hall–Kier alpha value is -1.32. The molecule has 2 aliphatic carbocycles. The molecular formula is C15H24N4. The Morgan fingerprint density at radius 3 is 2.63 bits per heavy atom. The van der Waals surface area contributed by atoms with Crippen LogP contribution in [0.1, 0.15) is 37.1 Å². The second kappa shape index (κ2) is 4.66. The fourth-order valence-electron chi connectivity index (χ4n) is 4.04. The SMILES string of the molecule is Cc1nc(N)c(C)c(N(C)CC2CC3CCC2C3)n1. The molecule has 0 radical (unpaired) electrons. The van der Waals surface area contributed by atoms with Crippen molar-refractivity contribution in [3.05, 3.63) is 11.4 Å². The van der Waals surface area contributed by atoms with Gasteiger partial charge in [-0.05, 0) is 50.9 Å². The minimum atomic E-state index is 0.613. The summed E-state index contributed by atoms with van der Waals surface area (Å²) in [6, 6.07) is 0. The maximum atomic E-state index is 5.95. The smallest absolute Gasteiger partial charge is 0.137 e. The fraction of sp³-hybridized carbons (Fsp3) is 0.733. The minimum Gasteiger partial charge on any atom is -0.383 e. The third kappa shape index (κ3) is 2.28. The maximum absolute atomic E-state index is 5.95. The number of aromatic nitrogens is 2. The molecule has 0 amide bonds. The number of hydrogen-bond donors (Lipinski definition) is 1. The highest BCUT2D eigenvalue weighted by molar-refractivity contribution is 5.56. The molecule has 0 spiro atoms. The molecule has 2 bridgehead atoms. The van der Waals surface area contributed by atoms with Crippen molar-refractivity contribution in [3.63, 3.8) is 0 Å². The molecule has 2 fully saturated rings. The van der Waals surface area contributed by atoms with E-state index in [9.17, 15) is 0 Å². The van der Waals surface area contributed by atoms with Gasteiger partial charge in [-0.1, -0.05) is 6.42 Å². The van der Waals surface area contributed by atoms with Crippen molar-refractivity contribution >= 4 is 11.6 Å². The topological polar surface area (TPSA) is 55.0 Å². The molecule has 4 heteroatoms. The van der Waals surface area contributed by atoms with Crippen LogP contribution in [0.3, 0.4) is 0 Å². The molecule has 0 saturated heterocycles. The summed E-state index contributed by atoms with van der Waals surface area (Å²) in [6.07, 6.45) is 5.77. The molecule has 2 saturated carbocycles. The van der Waals surface area contributed by atoms with Gasteiger partial charge in [-0.25, -0.2) is 9.97 Å². The van der Waals surface area contributed by atoms with E-state index in [0.29, 0.717) is 5.82 Å². The number of hydrogen-bond acceptors (Lipinski definition) is 4. The predicted octanol–water partition coefficient (Wildman–Crippen LogP) is 2.55. The molecule has 1 aromatic heterocycles. The van der Waals surface area contributed by atoms with Crippen LogP contribution in [-0.2, 0) is 0 Å². The first-order valence-electron chi connectivity index (χ1n) is 7.36. The van der Waals surface area contributed by atoms with Gasteiger partial charge in [-0.15, -0.1) is 0 Å². The van der Waals surface area contributed by atoms with E-state index in [1.807, 2.05) is 13.8 Å². The van der Waals surface area contributed by atoms with Crippen molar-refractivity contribution in [2.45, 2.75) is 39.5 Å². The third-order valence-corrected chi connectivity index (χ3v) is 5.02. The Bertz CT molecular complexity index is 485. The summed E-state index contributed by atoms with van der Waals surface area (Å²) in [5.74, 6) is 5.18. The molecule has 19 heavy (non-hydrogen) atoms. The molecule has 2 aliphatic rings. The number of rotatable bonds is 3. The summed E-state index contributed by atoms with van der Waals surface area (Å²) in [4.78, 5) is 11.1. The van der Waals surface area contributed by atoms with Crippen LogP contribution >= 0.6 is 0 Å². The number of nitrogens with two attached hydrogens (primary N) is 1. The number of fused-ring (bicyclic) bond motifs is 2. The zero-order chi connectivity index (χ0) is 13.6. The van der Waals surface area contributed by atoms with Crippen LogP contribution in [0.5, 0.6) is 0 Å². The van der Waals surface area contributed by atoms with E-state index in [-0.39, 0.29) is 0 Å². The van der Waals surface area contributed by atoms with Crippen LogP contribution in [0.25, 0.3) is 0 Å². The average molecular weight is 260 g/mol.